The summed E-state index contributed by atoms with van der Waals surface area (Å²) in [5.41, 5.74) is 2.13. The Labute approximate surface area is 129 Å². The summed E-state index contributed by atoms with van der Waals surface area (Å²) < 4.78 is 6.58. The van der Waals surface area contributed by atoms with Gasteiger partial charge in [-0.25, -0.2) is 14.8 Å². The average molecular weight is 382 g/mol. The highest BCUT2D eigenvalue weighted by Gasteiger charge is 2.20. The minimum atomic E-state index is -1.01. The molecule has 2 aromatic rings. The third-order valence-corrected chi connectivity index (χ3v) is 3.89. The Morgan fingerprint density at radius 1 is 1.30 bits per heavy atom. The van der Waals surface area contributed by atoms with Crippen molar-refractivity contribution >= 4 is 28.6 Å². The van der Waals surface area contributed by atoms with Crippen molar-refractivity contribution < 1.29 is 14.6 Å². The van der Waals surface area contributed by atoms with Crippen LogP contribution in [0.15, 0.2) is 24.5 Å². The molecule has 0 saturated carbocycles. The van der Waals surface area contributed by atoms with E-state index in [4.69, 9.17) is 4.74 Å². The standard InChI is InChI=1S/C14H11IN2O3/c15-8-4-5-12(10(6-8)14(18)19)20-13-9-2-1-3-11(9)16-7-17-13/h4-7H,1-3H2,(H,18,19). The van der Waals surface area contributed by atoms with Crippen LogP contribution in [-0.2, 0) is 12.8 Å². The summed E-state index contributed by atoms with van der Waals surface area (Å²) >= 11 is 2.07. The van der Waals surface area contributed by atoms with Gasteiger partial charge in [-0.1, -0.05) is 0 Å². The number of carboxylic acid groups (broad SMARTS) is 1. The van der Waals surface area contributed by atoms with Gasteiger partial charge >= 0.3 is 5.97 Å². The molecule has 0 bridgehead atoms. The third kappa shape index (κ3) is 2.47. The van der Waals surface area contributed by atoms with Crippen LogP contribution in [0.25, 0.3) is 0 Å². The van der Waals surface area contributed by atoms with E-state index in [0.29, 0.717) is 11.6 Å². The largest absolute Gasteiger partial charge is 0.478 e. The lowest BCUT2D eigenvalue weighted by atomic mass is 10.2. The van der Waals surface area contributed by atoms with Crippen LogP contribution in [0.5, 0.6) is 11.6 Å². The zero-order chi connectivity index (χ0) is 14.1. The Bertz CT molecular complexity index is 688. The van der Waals surface area contributed by atoms with Gasteiger partial charge in [0.2, 0.25) is 5.88 Å². The molecule has 1 aromatic carbocycles. The maximum absolute atomic E-state index is 11.3. The van der Waals surface area contributed by atoms with Crippen molar-refractivity contribution in [2.45, 2.75) is 19.3 Å². The number of aromatic carboxylic acids is 1. The van der Waals surface area contributed by atoms with E-state index in [1.54, 1.807) is 12.1 Å². The van der Waals surface area contributed by atoms with E-state index in [0.717, 1.165) is 34.1 Å². The summed E-state index contributed by atoms with van der Waals surface area (Å²) in [4.78, 5) is 19.6. The second kappa shape index (κ2) is 5.35. The Morgan fingerprint density at radius 2 is 2.15 bits per heavy atom. The van der Waals surface area contributed by atoms with Gasteiger partial charge in [0.25, 0.3) is 0 Å². The third-order valence-electron chi connectivity index (χ3n) is 3.21. The molecule has 0 radical (unpaired) electrons. The van der Waals surface area contributed by atoms with E-state index in [-0.39, 0.29) is 5.56 Å². The number of nitrogens with zero attached hydrogens (tertiary/aromatic N) is 2. The lowest BCUT2D eigenvalue weighted by Crippen LogP contribution is -2.03. The molecule has 3 rings (SSSR count). The number of fused-ring (bicyclic) bond motifs is 1. The zero-order valence-corrected chi connectivity index (χ0v) is 12.6. The molecule has 6 heteroatoms. The second-order valence-electron chi connectivity index (χ2n) is 4.51. The number of carboxylic acids is 1. The first-order valence-electron chi connectivity index (χ1n) is 6.18. The van der Waals surface area contributed by atoms with Crippen LogP contribution in [-0.4, -0.2) is 21.0 Å². The lowest BCUT2D eigenvalue weighted by molar-refractivity contribution is 0.0694. The number of carbonyl (C=O) groups is 1. The first kappa shape index (κ1) is 13.3. The normalized spacial score (nSPS) is 13.1. The monoisotopic (exact) mass is 382 g/mol. The van der Waals surface area contributed by atoms with Crippen LogP contribution in [0.3, 0.4) is 0 Å². The number of benzene rings is 1. The molecule has 0 unspecified atom stereocenters. The van der Waals surface area contributed by atoms with Gasteiger partial charge < -0.3 is 9.84 Å². The molecule has 0 fully saturated rings. The van der Waals surface area contributed by atoms with Gasteiger partial charge in [-0.05, 0) is 60.1 Å². The van der Waals surface area contributed by atoms with E-state index in [9.17, 15) is 9.90 Å². The van der Waals surface area contributed by atoms with Crippen molar-refractivity contribution in [3.8, 4) is 11.6 Å². The highest BCUT2D eigenvalue weighted by atomic mass is 127. The molecule has 0 amide bonds. The van der Waals surface area contributed by atoms with E-state index >= 15 is 0 Å². The fourth-order valence-corrected chi connectivity index (χ4v) is 2.77. The first-order valence-corrected chi connectivity index (χ1v) is 7.26. The molecule has 1 heterocycles. The SMILES string of the molecule is O=C(O)c1cc(I)ccc1Oc1ncnc2c1CCC2. The molecular formula is C14H11IN2O3. The molecule has 102 valence electrons. The number of aromatic nitrogens is 2. The topological polar surface area (TPSA) is 72.3 Å². The first-order chi connectivity index (χ1) is 9.65. The van der Waals surface area contributed by atoms with Gasteiger partial charge in [-0.2, -0.15) is 0 Å². The van der Waals surface area contributed by atoms with Crippen molar-refractivity contribution in [3.05, 3.63) is 44.9 Å². The molecule has 1 aliphatic rings. The van der Waals surface area contributed by atoms with Crippen LogP contribution < -0.4 is 4.74 Å². The van der Waals surface area contributed by atoms with E-state index in [2.05, 4.69) is 32.6 Å². The predicted octanol–water partition coefficient (Wildman–Crippen LogP) is 3.06. The maximum Gasteiger partial charge on any atom is 0.339 e. The summed E-state index contributed by atoms with van der Waals surface area (Å²) in [5.74, 6) is -0.230. The van der Waals surface area contributed by atoms with E-state index < -0.39 is 5.97 Å². The van der Waals surface area contributed by atoms with Crippen molar-refractivity contribution in [3.63, 3.8) is 0 Å². The number of rotatable bonds is 3. The number of hydrogen-bond acceptors (Lipinski definition) is 4. The van der Waals surface area contributed by atoms with Crippen LogP contribution in [0.2, 0.25) is 0 Å². The van der Waals surface area contributed by atoms with E-state index in [1.807, 2.05) is 6.07 Å². The van der Waals surface area contributed by atoms with Crippen molar-refractivity contribution in [2.24, 2.45) is 0 Å². The number of halogens is 1. The fraction of sp³-hybridized carbons (Fsp3) is 0.214. The second-order valence-corrected chi connectivity index (χ2v) is 5.75. The van der Waals surface area contributed by atoms with Crippen LogP contribution in [0, 0.1) is 3.57 Å². The number of ether oxygens (including phenoxy) is 1. The van der Waals surface area contributed by atoms with Gasteiger partial charge in [-0.15, -0.1) is 0 Å². The van der Waals surface area contributed by atoms with Crippen molar-refractivity contribution in [2.75, 3.05) is 0 Å². The number of hydrogen-bond donors (Lipinski definition) is 1. The molecular weight excluding hydrogens is 371 g/mol. The molecule has 1 aliphatic carbocycles. The maximum atomic E-state index is 11.3. The quantitative estimate of drug-likeness (QED) is 0.827. The van der Waals surface area contributed by atoms with Gasteiger partial charge in [0.05, 0.1) is 5.69 Å². The molecule has 20 heavy (non-hydrogen) atoms. The molecule has 0 saturated heterocycles. The zero-order valence-electron chi connectivity index (χ0n) is 10.5. The Kier molecular flexibility index (Phi) is 3.56. The lowest BCUT2D eigenvalue weighted by Gasteiger charge is -2.10. The summed E-state index contributed by atoms with van der Waals surface area (Å²) in [6.07, 6.45) is 4.29. The molecule has 5 nitrogen and oxygen atoms in total. The minimum Gasteiger partial charge on any atom is -0.478 e. The highest BCUT2D eigenvalue weighted by Crippen LogP contribution is 2.32. The van der Waals surface area contributed by atoms with Crippen LogP contribution in [0.4, 0.5) is 0 Å². The Hall–Kier alpha value is -1.70. The molecule has 0 aliphatic heterocycles. The summed E-state index contributed by atoms with van der Waals surface area (Å²) in [5, 5.41) is 9.25. The number of aryl methyl sites for hydroxylation is 1. The predicted molar refractivity (Wildman–Crippen MR) is 80.2 cm³/mol. The van der Waals surface area contributed by atoms with Gasteiger partial charge in [0.15, 0.2) is 0 Å². The summed E-state index contributed by atoms with van der Waals surface area (Å²) in [7, 11) is 0. The van der Waals surface area contributed by atoms with Crippen LogP contribution >= 0.6 is 22.6 Å². The summed E-state index contributed by atoms with van der Waals surface area (Å²) in [6.45, 7) is 0. The minimum absolute atomic E-state index is 0.141. The Balaban J connectivity index is 2.00. The van der Waals surface area contributed by atoms with Crippen molar-refractivity contribution in [1.82, 2.24) is 9.97 Å². The molecule has 1 N–H and O–H groups in total. The molecule has 0 atom stereocenters. The fourth-order valence-electron chi connectivity index (χ4n) is 2.28. The van der Waals surface area contributed by atoms with Gasteiger partial charge in [-0.3, -0.25) is 0 Å². The van der Waals surface area contributed by atoms with Gasteiger partial charge in [0, 0.05) is 9.13 Å². The average Bonchev–Trinajstić information content (AvgIpc) is 2.90. The van der Waals surface area contributed by atoms with Crippen molar-refractivity contribution in [1.29, 1.82) is 0 Å². The Morgan fingerprint density at radius 3 is 2.95 bits per heavy atom. The van der Waals surface area contributed by atoms with Crippen LogP contribution in [0.1, 0.15) is 28.0 Å². The smallest absolute Gasteiger partial charge is 0.339 e. The van der Waals surface area contributed by atoms with E-state index in [1.165, 1.54) is 6.33 Å². The molecule has 0 spiro atoms. The van der Waals surface area contributed by atoms with Gasteiger partial charge in [0.1, 0.15) is 17.6 Å². The highest BCUT2D eigenvalue weighted by molar-refractivity contribution is 14.1. The summed E-state index contributed by atoms with van der Waals surface area (Å²) in [6, 6.07) is 5.05. The molecule has 1 aromatic heterocycles.